The SMILES string of the molecule is CCCCN1C(=O)c2ccccc2NC1C. The predicted octanol–water partition coefficient (Wildman–Crippen LogP) is 2.70. The van der Waals surface area contributed by atoms with Gasteiger partial charge in [0.05, 0.1) is 11.7 Å². The summed E-state index contributed by atoms with van der Waals surface area (Å²) in [7, 11) is 0. The monoisotopic (exact) mass is 218 g/mol. The molecule has 0 saturated carbocycles. The maximum atomic E-state index is 12.2. The van der Waals surface area contributed by atoms with Gasteiger partial charge in [-0.3, -0.25) is 4.79 Å². The summed E-state index contributed by atoms with van der Waals surface area (Å²) in [4.78, 5) is 14.1. The third-order valence-corrected chi connectivity index (χ3v) is 3.00. The van der Waals surface area contributed by atoms with Gasteiger partial charge < -0.3 is 10.2 Å². The Hall–Kier alpha value is -1.51. The molecule has 3 nitrogen and oxygen atoms in total. The first-order chi connectivity index (χ1) is 7.74. The fourth-order valence-corrected chi connectivity index (χ4v) is 2.05. The van der Waals surface area contributed by atoms with Crippen LogP contribution in [0.2, 0.25) is 0 Å². The number of hydrogen-bond donors (Lipinski definition) is 1. The minimum Gasteiger partial charge on any atom is -0.365 e. The van der Waals surface area contributed by atoms with E-state index in [1.165, 1.54) is 0 Å². The maximum absolute atomic E-state index is 12.2. The summed E-state index contributed by atoms with van der Waals surface area (Å²) < 4.78 is 0. The Labute approximate surface area is 96.5 Å². The van der Waals surface area contributed by atoms with Crippen molar-refractivity contribution in [1.82, 2.24) is 4.90 Å². The van der Waals surface area contributed by atoms with Crippen molar-refractivity contribution >= 4 is 11.6 Å². The van der Waals surface area contributed by atoms with Crippen LogP contribution in [0.3, 0.4) is 0 Å². The molecule has 86 valence electrons. The Kier molecular flexibility index (Phi) is 3.13. The quantitative estimate of drug-likeness (QED) is 0.846. The number of carbonyl (C=O) groups excluding carboxylic acids is 1. The molecule has 1 aromatic rings. The summed E-state index contributed by atoms with van der Waals surface area (Å²) in [5.74, 6) is 0.148. The van der Waals surface area contributed by atoms with Crippen molar-refractivity contribution in [3.63, 3.8) is 0 Å². The lowest BCUT2D eigenvalue weighted by Gasteiger charge is -2.35. The second kappa shape index (κ2) is 4.56. The Morgan fingerprint density at radius 2 is 2.12 bits per heavy atom. The summed E-state index contributed by atoms with van der Waals surface area (Å²) in [5, 5.41) is 3.35. The summed E-state index contributed by atoms with van der Waals surface area (Å²) in [6, 6.07) is 7.70. The van der Waals surface area contributed by atoms with Gasteiger partial charge in [0.2, 0.25) is 0 Å². The first kappa shape index (κ1) is 11.0. The Morgan fingerprint density at radius 1 is 1.38 bits per heavy atom. The van der Waals surface area contributed by atoms with Crippen LogP contribution in [-0.2, 0) is 0 Å². The van der Waals surface area contributed by atoms with E-state index in [0.29, 0.717) is 0 Å². The van der Waals surface area contributed by atoms with Crippen LogP contribution in [0.25, 0.3) is 0 Å². The third-order valence-electron chi connectivity index (χ3n) is 3.00. The van der Waals surface area contributed by atoms with Crippen LogP contribution < -0.4 is 5.32 Å². The molecule has 0 spiro atoms. The third kappa shape index (κ3) is 1.90. The van der Waals surface area contributed by atoms with Gasteiger partial charge in [-0.15, -0.1) is 0 Å². The van der Waals surface area contributed by atoms with Crippen molar-refractivity contribution in [3.8, 4) is 0 Å². The molecule has 1 aromatic carbocycles. The van der Waals surface area contributed by atoms with Gasteiger partial charge in [-0.2, -0.15) is 0 Å². The molecule has 0 fully saturated rings. The number of para-hydroxylation sites is 1. The highest BCUT2D eigenvalue weighted by Gasteiger charge is 2.27. The molecule has 0 aliphatic carbocycles. The van der Waals surface area contributed by atoms with Crippen LogP contribution in [-0.4, -0.2) is 23.5 Å². The van der Waals surface area contributed by atoms with Gasteiger partial charge in [-0.1, -0.05) is 25.5 Å². The van der Waals surface area contributed by atoms with Crippen LogP contribution in [0.15, 0.2) is 24.3 Å². The number of unbranched alkanes of at least 4 members (excludes halogenated alkanes) is 1. The van der Waals surface area contributed by atoms with Gasteiger partial charge in [0.1, 0.15) is 0 Å². The Bertz CT molecular complexity index is 389. The van der Waals surface area contributed by atoms with E-state index in [-0.39, 0.29) is 12.1 Å². The first-order valence-corrected chi connectivity index (χ1v) is 5.90. The van der Waals surface area contributed by atoms with Crippen LogP contribution in [0.1, 0.15) is 37.0 Å². The van der Waals surface area contributed by atoms with Crippen LogP contribution in [0.4, 0.5) is 5.69 Å². The van der Waals surface area contributed by atoms with Crippen molar-refractivity contribution in [2.75, 3.05) is 11.9 Å². The topological polar surface area (TPSA) is 32.3 Å². The molecule has 1 heterocycles. The minimum absolute atomic E-state index is 0.0916. The summed E-state index contributed by atoms with van der Waals surface area (Å²) in [6.45, 7) is 5.00. The fourth-order valence-electron chi connectivity index (χ4n) is 2.05. The second-order valence-corrected chi connectivity index (χ2v) is 4.22. The van der Waals surface area contributed by atoms with Crippen LogP contribution in [0, 0.1) is 0 Å². The standard InChI is InChI=1S/C13H18N2O/c1-3-4-9-15-10(2)14-12-8-6-5-7-11(12)13(15)16/h5-8,10,14H,3-4,9H2,1-2H3. The molecule has 1 N–H and O–H groups in total. The number of benzene rings is 1. The summed E-state index contributed by atoms with van der Waals surface area (Å²) in [6.07, 6.45) is 2.26. The maximum Gasteiger partial charge on any atom is 0.257 e. The molecule has 0 saturated heterocycles. The van der Waals surface area contributed by atoms with E-state index in [0.717, 1.165) is 30.6 Å². The average molecular weight is 218 g/mol. The lowest BCUT2D eigenvalue weighted by molar-refractivity contribution is 0.0696. The van der Waals surface area contributed by atoms with Crippen LogP contribution >= 0.6 is 0 Å². The molecule has 0 aromatic heterocycles. The molecule has 1 atom stereocenters. The lowest BCUT2D eigenvalue weighted by atomic mass is 10.1. The number of fused-ring (bicyclic) bond motifs is 1. The number of anilines is 1. The molecule has 1 aliphatic rings. The first-order valence-electron chi connectivity index (χ1n) is 5.90. The molecular weight excluding hydrogens is 200 g/mol. The molecule has 0 radical (unpaired) electrons. The Balaban J connectivity index is 2.23. The van der Waals surface area contributed by atoms with Gasteiger partial charge in [-0.05, 0) is 25.5 Å². The van der Waals surface area contributed by atoms with Gasteiger partial charge in [-0.25, -0.2) is 0 Å². The highest BCUT2D eigenvalue weighted by atomic mass is 16.2. The average Bonchev–Trinajstić information content (AvgIpc) is 2.29. The number of rotatable bonds is 3. The van der Waals surface area contributed by atoms with E-state index in [2.05, 4.69) is 12.2 Å². The van der Waals surface area contributed by atoms with Crippen molar-refractivity contribution in [2.45, 2.75) is 32.9 Å². The van der Waals surface area contributed by atoms with Crippen molar-refractivity contribution in [3.05, 3.63) is 29.8 Å². The van der Waals surface area contributed by atoms with Gasteiger partial charge in [0.25, 0.3) is 5.91 Å². The van der Waals surface area contributed by atoms with E-state index in [9.17, 15) is 4.79 Å². The molecule has 1 unspecified atom stereocenters. The van der Waals surface area contributed by atoms with E-state index in [4.69, 9.17) is 0 Å². The van der Waals surface area contributed by atoms with E-state index in [1.807, 2.05) is 36.1 Å². The Morgan fingerprint density at radius 3 is 2.88 bits per heavy atom. The zero-order valence-electron chi connectivity index (χ0n) is 9.86. The molecule has 0 bridgehead atoms. The summed E-state index contributed by atoms with van der Waals surface area (Å²) >= 11 is 0. The zero-order valence-corrected chi connectivity index (χ0v) is 9.86. The van der Waals surface area contributed by atoms with Gasteiger partial charge >= 0.3 is 0 Å². The summed E-state index contributed by atoms with van der Waals surface area (Å²) in [5.41, 5.74) is 1.74. The highest BCUT2D eigenvalue weighted by Crippen LogP contribution is 2.24. The highest BCUT2D eigenvalue weighted by molar-refractivity contribution is 6.01. The normalized spacial score (nSPS) is 19.2. The predicted molar refractivity (Wildman–Crippen MR) is 65.5 cm³/mol. The minimum atomic E-state index is 0.0916. The molecule has 16 heavy (non-hydrogen) atoms. The number of amides is 1. The van der Waals surface area contributed by atoms with E-state index >= 15 is 0 Å². The number of hydrogen-bond acceptors (Lipinski definition) is 2. The molecule has 1 amide bonds. The van der Waals surface area contributed by atoms with Gasteiger partial charge in [0.15, 0.2) is 0 Å². The van der Waals surface area contributed by atoms with Crippen molar-refractivity contribution in [1.29, 1.82) is 0 Å². The fraction of sp³-hybridized carbons (Fsp3) is 0.462. The number of nitrogens with zero attached hydrogens (tertiary/aromatic N) is 1. The second-order valence-electron chi connectivity index (χ2n) is 4.22. The lowest BCUT2D eigenvalue weighted by Crippen LogP contribution is -2.47. The zero-order chi connectivity index (χ0) is 11.5. The van der Waals surface area contributed by atoms with Crippen LogP contribution in [0.5, 0.6) is 0 Å². The number of nitrogens with one attached hydrogen (secondary N) is 1. The molecular formula is C13H18N2O. The molecule has 2 rings (SSSR count). The van der Waals surface area contributed by atoms with Crippen molar-refractivity contribution in [2.24, 2.45) is 0 Å². The van der Waals surface area contributed by atoms with E-state index in [1.54, 1.807) is 0 Å². The van der Waals surface area contributed by atoms with Gasteiger partial charge in [0, 0.05) is 12.2 Å². The van der Waals surface area contributed by atoms with E-state index < -0.39 is 0 Å². The smallest absolute Gasteiger partial charge is 0.257 e. The molecule has 1 aliphatic heterocycles. The van der Waals surface area contributed by atoms with Crippen molar-refractivity contribution < 1.29 is 4.79 Å². The largest absolute Gasteiger partial charge is 0.365 e. The molecule has 3 heteroatoms. The number of carbonyl (C=O) groups is 1.